The number of rotatable bonds is 6. The zero-order chi connectivity index (χ0) is 15.3. The predicted molar refractivity (Wildman–Crippen MR) is 78.1 cm³/mol. The summed E-state index contributed by atoms with van der Waals surface area (Å²) < 4.78 is 0. The van der Waals surface area contributed by atoms with Gasteiger partial charge in [0, 0.05) is 18.5 Å². The quantitative estimate of drug-likeness (QED) is 0.790. The largest absolute Gasteiger partial charge is 0.476 e. The van der Waals surface area contributed by atoms with Gasteiger partial charge in [0.2, 0.25) is 0 Å². The molecule has 110 valence electrons. The van der Waals surface area contributed by atoms with Crippen molar-refractivity contribution in [3.05, 3.63) is 28.2 Å². The average Bonchev–Trinajstić information content (AvgIpc) is 2.85. The molecule has 2 amide bonds. The Hall–Kier alpha value is -1.89. The molecule has 0 fully saturated rings. The summed E-state index contributed by atoms with van der Waals surface area (Å²) in [4.78, 5) is 28.4. The van der Waals surface area contributed by atoms with Crippen LogP contribution in [-0.4, -0.2) is 40.1 Å². The number of nitrogens with one attached hydrogen (secondary N) is 1. The lowest BCUT2D eigenvalue weighted by Gasteiger charge is -2.23. The third-order valence-electron chi connectivity index (χ3n) is 2.58. The number of thiazole rings is 1. The van der Waals surface area contributed by atoms with Crippen LogP contribution in [-0.2, 0) is 0 Å². The zero-order valence-corrected chi connectivity index (χ0v) is 12.7. The van der Waals surface area contributed by atoms with E-state index < -0.39 is 5.97 Å². The van der Waals surface area contributed by atoms with E-state index in [0.717, 1.165) is 5.57 Å². The van der Waals surface area contributed by atoms with Gasteiger partial charge in [0.05, 0.1) is 6.04 Å². The molecular weight excluding hydrogens is 278 g/mol. The molecule has 1 aromatic heterocycles. The van der Waals surface area contributed by atoms with E-state index in [2.05, 4.69) is 16.9 Å². The van der Waals surface area contributed by atoms with Crippen LogP contribution in [0.1, 0.15) is 42.3 Å². The standard InChI is InChI=1S/C13H19N3O3S/c1-5-16(6-8(2)3)13(19)14-9(4)11-15-10(7-20-11)12(17)18/h7,9H,2,5-6H2,1,3-4H3,(H,14,19)(H,17,18). The van der Waals surface area contributed by atoms with Crippen molar-refractivity contribution < 1.29 is 14.7 Å². The first kappa shape index (κ1) is 16.2. The SMILES string of the molecule is C=C(C)CN(CC)C(=O)NC(C)c1nc(C(=O)O)cs1. The van der Waals surface area contributed by atoms with Crippen LogP contribution in [0.25, 0.3) is 0 Å². The molecule has 1 heterocycles. The number of hydrogen-bond donors (Lipinski definition) is 2. The highest BCUT2D eigenvalue weighted by Crippen LogP contribution is 2.18. The lowest BCUT2D eigenvalue weighted by atomic mass is 10.3. The maximum atomic E-state index is 12.1. The average molecular weight is 297 g/mol. The van der Waals surface area contributed by atoms with Crippen molar-refractivity contribution in [2.24, 2.45) is 0 Å². The summed E-state index contributed by atoms with van der Waals surface area (Å²) in [5.74, 6) is -1.07. The Morgan fingerprint density at radius 2 is 2.25 bits per heavy atom. The fourth-order valence-electron chi connectivity index (χ4n) is 1.58. The third-order valence-corrected chi connectivity index (χ3v) is 3.61. The van der Waals surface area contributed by atoms with Crippen molar-refractivity contribution >= 4 is 23.3 Å². The fraction of sp³-hybridized carbons (Fsp3) is 0.462. The minimum atomic E-state index is -1.07. The molecule has 0 radical (unpaired) electrons. The number of likely N-dealkylation sites (N-methyl/N-ethyl adjacent to an activating group) is 1. The Balaban J connectivity index is 2.68. The van der Waals surface area contributed by atoms with Crippen molar-refractivity contribution in [1.29, 1.82) is 0 Å². The third kappa shape index (κ3) is 4.34. The molecule has 20 heavy (non-hydrogen) atoms. The first-order chi connectivity index (χ1) is 9.35. The van der Waals surface area contributed by atoms with Crippen LogP contribution in [0.15, 0.2) is 17.5 Å². The molecule has 0 saturated heterocycles. The maximum Gasteiger partial charge on any atom is 0.355 e. The topological polar surface area (TPSA) is 82.5 Å². The van der Waals surface area contributed by atoms with E-state index in [4.69, 9.17) is 5.11 Å². The fourth-order valence-corrected chi connectivity index (χ4v) is 2.38. The van der Waals surface area contributed by atoms with Gasteiger partial charge < -0.3 is 15.3 Å². The van der Waals surface area contributed by atoms with Gasteiger partial charge >= 0.3 is 12.0 Å². The smallest absolute Gasteiger partial charge is 0.355 e. The van der Waals surface area contributed by atoms with Gasteiger partial charge in [-0.25, -0.2) is 14.6 Å². The molecule has 0 bridgehead atoms. The summed E-state index contributed by atoms with van der Waals surface area (Å²) in [6, 6.07) is -0.546. The van der Waals surface area contributed by atoms with E-state index >= 15 is 0 Å². The number of amides is 2. The Morgan fingerprint density at radius 1 is 1.60 bits per heavy atom. The van der Waals surface area contributed by atoms with Crippen LogP contribution in [0.3, 0.4) is 0 Å². The number of carbonyl (C=O) groups is 2. The van der Waals surface area contributed by atoms with Crippen LogP contribution >= 0.6 is 11.3 Å². The normalized spacial score (nSPS) is 11.8. The summed E-state index contributed by atoms with van der Waals surface area (Å²) in [7, 11) is 0. The van der Waals surface area contributed by atoms with Gasteiger partial charge in [-0.3, -0.25) is 0 Å². The van der Waals surface area contributed by atoms with Crippen molar-refractivity contribution in [2.75, 3.05) is 13.1 Å². The molecule has 0 aliphatic rings. The molecule has 1 rings (SSSR count). The molecule has 1 unspecified atom stereocenters. The highest BCUT2D eigenvalue weighted by atomic mass is 32.1. The maximum absolute atomic E-state index is 12.1. The van der Waals surface area contributed by atoms with Gasteiger partial charge in [0.15, 0.2) is 5.69 Å². The number of aromatic carboxylic acids is 1. The van der Waals surface area contributed by atoms with Crippen LogP contribution in [0, 0.1) is 0 Å². The molecule has 0 aliphatic carbocycles. The Kier molecular flexibility index (Phi) is 5.69. The van der Waals surface area contributed by atoms with E-state index in [-0.39, 0.29) is 17.8 Å². The number of carboxylic acids is 1. The molecule has 2 N–H and O–H groups in total. The summed E-state index contributed by atoms with van der Waals surface area (Å²) >= 11 is 1.22. The summed E-state index contributed by atoms with van der Waals surface area (Å²) in [6.07, 6.45) is 0. The first-order valence-corrected chi connectivity index (χ1v) is 7.11. The molecule has 6 nitrogen and oxygen atoms in total. The summed E-state index contributed by atoms with van der Waals surface area (Å²) in [6.45, 7) is 10.4. The lowest BCUT2D eigenvalue weighted by molar-refractivity contribution is 0.0691. The van der Waals surface area contributed by atoms with Gasteiger partial charge in [-0.2, -0.15) is 0 Å². The minimum Gasteiger partial charge on any atom is -0.476 e. The van der Waals surface area contributed by atoms with Crippen molar-refractivity contribution in [1.82, 2.24) is 15.2 Å². The highest BCUT2D eigenvalue weighted by molar-refractivity contribution is 7.09. The summed E-state index contributed by atoms with van der Waals surface area (Å²) in [5, 5.41) is 13.7. The highest BCUT2D eigenvalue weighted by Gasteiger charge is 2.18. The van der Waals surface area contributed by atoms with Crippen LogP contribution < -0.4 is 5.32 Å². The van der Waals surface area contributed by atoms with E-state index in [1.807, 2.05) is 13.8 Å². The number of carboxylic acid groups (broad SMARTS) is 1. The number of urea groups is 1. The van der Waals surface area contributed by atoms with E-state index in [9.17, 15) is 9.59 Å². The molecule has 0 aliphatic heterocycles. The molecular formula is C13H19N3O3S. The second-order valence-corrected chi connectivity index (χ2v) is 5.41. The molecule has 1 aromatic rings. The Labute approximate surface area is 122 Å². The second-order valence-electron chi connectivity index (χ2n) is 4.52. The molecule has 1 atom stereocenters. The number of hydrogen-bond acceptors (Lipinski definition) is 4. The monoisotopic (exact) mass is 297 g/mol. The van der Waals surface area contributed by atoms with Crippen LogP contribution in [0.2, 0.25) is 0 Å². The Morgan fingerprint density at radius 3 is 2.70 bits per heavy atom. The first-order valence-electron chi connectivity index (χ1n) is 6.23. The summed E-state index contributed by atoms with van der Waals surface area (Å²) in [5.41, 5.74) is 0.900. The number of aromatic nitrogens is 1. The van der Waals surface area contributed by atoms with E-state index in [1.165, 1.54) is 16.7 Å². The molecule has 0 spiro atoms. The predicted octanol–water partition coefficient (Wildman–Crippen LogP) is 2.51. The second kappa shape index (κ2) is 7.04. The van der Waals surface area contributed by atoms with Crippen LogP contribution in [0.4, 0.5) is 4.79 Å². The van der Waals surface area contributed by atoms with Crippen molar-refractivity contribution in [3.63, 3.8) is 0 Å². The molecule has 7 heteroatoms. The molecule has 0 saturated carbocycles. The Bertz CT molecular complexity index is 513. The number of carbonyl (C=O) groups excluding carboxylic acids is 1. The lowest BCUT2D eigenvalue weighted by Crippen LogP contribution is -2.41. The zero-order valence-electron chi connectivity index (χ0n) is 11.8. The van der Waals surface area contributed by atoms with Gasteiger partial charge in [0.1, 0.15) is 5.01 Å². The number of nitrogens with zero attached hydrogens (tertiary/aromatic N) is 2. The van der Waals surface area contributed by atoms with Gasteiger partial charge in [-0.1, -0.05) is 12.2 Å². The minimum absolute atomic E-state index is 0.000354. The van der Waals surface area contributed by atoms with E-state index in [1.54, 1.807) is 11.8 Å². The van der Waals surface area contributed by atoms with Crippen LogP contribution in [0.5, 0.6) is 0 Å². The van der Waals surface area contributed by atoms with E-state index in [0.29, 0.717) is 18.1 Å². The van der Waals surface area contributed by atoms with Crippen molar-refractivity contribution in [3.8, 4) is 0 Å². The van der Waals surface area contributed by atoms with Crippen molar-refractivity contribution in [2.45, 2.75) is 26.8 Å². The van der Waals surface area contributed by atoms with Gasteiger partial charge in [-0.05, 0) is 20.8 Å². The van der Waals surface area contributed by atoms with Gasteiger partial charge in [0.25, 0.3) is 0 Å². The van der Waals surface area contributed by atoms with Gasteiger partial charge in [-0.15, -0.1) is 11.3 Å². The molecule has 0 aromatic carbocycles.